The molecule has 3 atom stereocenters. The molecule has 0 bridgehead atoms. The normalized spacial score (nSPS) is 23.7. The Balaban J connectivity index is 1.96. The van der Waals surface area contributed by atoms with Crippen molar-refractivity contribution >= 4 is 17.5 Å². The van der Waals surface area contributed by atoms with Crippen molar-refractivity contribution in [2.24, 2.45) is 11.8 Å². The van der Waals surface area contributed by atoms with E-state index in [1.54, 1.807) is 23.1 Å². The summed E-state index contributed by atoms with van der Waals surface area (Å²) in [6.07, 6.45) is 4.97. The Morgan fingerprint density at radius 2 is 2.03 bits per heavy atom. The summed E-state index contributed by atoms with van der Waals surface area (Å²) in [4.78, 5) is 27.9. The Labute approximate surface area is 179 Å². The summed E-state index contributed by atoms with van der Waals surface area (Å²) in [5, 5.41) is 15.9. The minimum atomic E-state index is -0.304. The molecule has 1 saturated carbocycles. The van der Waals surface area contributed by atoms with Gasteiger partial charge in [-0.1, -0.05) is 32.3 Å². The second-order valence-electron chi connectivity index (χ2n) is 8.69. The third kappa shape index (κ3) is 4.95. The summed E-state index contributed by atoms with van der Waals surface area (Å²) >= 11 is 0. The van der Waals surface area contributed by atoms with E-state index in [0.717, 1.165) is 25.7 Å². The fraction of sp³-hybridized carbons (Fsp3) is 0.652. The number of hydrogen-bond acceptors (Lipinski definition) is 5. The molecule has 3 rings (SSSR count). The maximum Gasteiger partial charge on any atom is 0.258 e. The van der Waals surface area contributed by atoms with Crippen LogP contribution in [0.2, 0.25) is 0 Å². The molecule has 166 valence electrons. The standard InChI is InChI=1S/C23H35N3O4/c1-15-13-26(16(2)14-27)23(29)18-10-7-11-19(21(18)30-20(15)12-24-3)25-22(28)17-8-5-4-6-9-17/h7,10-11,15-17,20,24,27H,4-6,8-9,12-14H2,1-3H3,(H,25,28)/t15-,16+,20-/m1/s1. The van der Waals surface area contributed by atoms with Crippen LogP contribution >= 0.6 is 0 Å². The summed E-state index contributed by atoms with van der Waals surface area (Å²) in [5.74, 6) is 0.297. The smallest absolute Gasteiger partial charge is 0.258 e. The van der Waals surface area contributed by atoms with Crippen molar-refractivity contribution in [1.82, 2.24) is 10.2 Å². The molecule has 0 aromatic heterocycles. The quantitative estimate of drug-likeness (QED) is 0.662. The van der Waals surface area contributed by atoms with Crippen LogP contribution < -0.4 is 15.4 Å². The van der Waals surface area contributed by atoms with Crippen molar-refractivity contribution in [3.8, 4) is 5.75 Å². The van der Waals surface area contributed by atoms with E-state index in [1.165, 1.54) is 6.42 Å². The van der Waals surface area contributed by atoms with Crippen LogP contribution in [0.4, 0.5) is 5.69 Å². The summed E-state index contributed by atoms with van der Waals surface area (Å²) in [6.45, 7) is 4.88. The predicted octanol–water partition coefficient (Wildman–Crippen LogP) is 2.64. The number of amides is 2. The van der Waals surface area contributed by atoms with Crippen molar-refractivity contribution in [1.29, 1.82) is 0 Å². The lowest BCUT2D eigenvalue weighted by atomic mass is 9.88. The van der Waals surface area contributed by atoms with Gasteiger partial charge in [0.15, 0.2) is 5.75 Å². The van der Waals surface area contributed by atoms with Crippen LogP contribution in [0.3, 0.4) is 0 Å². The molecule has 1 aliphatic heterocycles. The number of carbonyl (C=O) groups excluding carboxylic acids is 2. The molecule has 0 unspecified atom stereocenters. The lowest BCUT2D eigenvalue weighted by molar-refractivity contribution is -0.120. The maximum absolute atomic E-state index is 13.3. The average molecular weight is 418 g/mol. The van der Waals surface area contributed by atoms with E-state index in [0.29, 0.717) is 30.1 Å². The number of aliphatic hydroxyl groups excluding tert-OH is 1. The van der Waals surface area contributed by atoms with Crippen LogP contribution in [0.25, 0.3) is 0 Å². The SMILES string of the molecule is CNC[C@H]1Oc2c(NC(=O)C3CCCCC3)cccc2C(=O)N([C@@H](C)CO)C[C@H]1C. The van der Waals surface area contributed by atoms with Crippen LogP contribution in [0.5, 0.6) is 5.75 Å². The van der Waals surface area contributed by atoms with Gasteiger partial charge in [-0.15, -0.1) is 0 Å². The van der Waals surface area contributed by atoms with Crippen molar-refractivity contribution in [2.45, 2.75) is 58.1 Å². The molecule has 1 fully saturated rings. The van der Waals surface area contributed by atoms with E-state index >= 15 is 0 Å². The number of benzene rings is 1. The Kier molecular flexibility index (Phi) is 7.72. The van der Waals surface area contributed by atoms with E-state index in [-0.39, 0.29) is 42.4 Å². The summed E-state index contributed by atoms with van der Waals surface area (Å²) < 4.78 is 6.35. The number of para-hydroxylation sites is 1. The number of carbonyl (C=O) groups is 2. The second-order valence-corrected chi connectivity index (χ2v) is 8.69. The third-order valence-electron chi connectivity index (χ3n) is 6.33. The van der Waals surface area contributed by atoms with Crippen LogP contribution in [0.1, 0.15) is 56.3 Å². The van der Waals surface area contributed by atoms with Crippen LogP contribution in [-0.2, 0) is 4.79 Å². The van der Waals surface area contributed by atoms with Gasteiger partial charge in [-0.05, 0) is 38.9 Å². The molecule has 1 heterocycles. The fourth-order valence-corrected chi connectivity index (χ4v) is 4.39. The van der Waals surface area contributed by atoms with Gasteiger partial charge in [-0.3, -0.25) is 9.59 Å². The third-order valence-corrected chi connectivity index (χ3v) is 6.33. The number of nitrogens with one attached hydrogen (secondary N) is 2. The second kappa shape index (κ2) is 10.3. The minimum absolute atomic E-state index is 0.00000535. The van der Waals surface area contributed by atoms with Gasteiger partial charge in [0, 0.05) is 24.9 Å². The molecule has 7 heteroatoms. The summed E-state index contributed by atoms with van der Waals surface area (Å²) in [6, 6.07) is 5.00. The molecule has 30 heavy (non-hydrogen) atoms. The highest BCUT2D eigenvalue weighted by atomic mass is 16.5. The molecule has 2 amide bonds. The van der Waals surface area contributed by atoms with Crippen molar-refractivity contribution in [3.05, 3.63) is 23.8 Å². The van der Waals surface area contributed by atoms with Crippen molar-refractivity contribution in [3.63, 3.8) is 0 Å². The minimum Gasteiger partial charge on any atom is -0.486 e. The van der Waals surface area contributed by atoms with Gasteiger partial charge in [0.1, 0.15) is 6.10 Å². The monoisotopic (exact) mass is 417 g/mol. The predicted molar refractivity (Wildman–Crippen MR) is 117 cm³/mol. The topological polar surface area (TPSA) is 90.9 Å². The van der Waals surface area contributed by atoms with Crippen molar-refractivity contribution in [2.75, 3.05) is 32.1 Å². The number of ether oxygens (including phenoxy) is 1. The largest absolute Gasteiger partial charge is 0.486 e. The summed E-state index contributed by atoms with van der Waals surface area (Å²) in [7, 11) is 1.87. The molecule has 0 saturated heterocycles. The first-order valence-corrected chi connectivity index (χ1v) is 11.1. The molecule has 1 aromatic rings. The molecule has 1 aromatic carbocycles. The highest BCUT2D eigenvalue weighted by Crippen LogP contribution is 2.35. The number of hydrogen-bond donors (Lipinski definition) is 3. The van der Waals surface area contributed by atoms with E-state index in [4.69, 9.17) is 4.74 Å². The van der Waals surface area contributed by atoms with E-state index in [2.05, 4.69) is 10.6 Å². The Hall–Kier alpha value is -2.12. The van der Waals surface area contributed by atoms with Gasteiger partial charge < -0.3 is 25.4 Å². The van der Waals surface area contributed by atoms with E-state index in [1.807, 2.05) is 20.9 Å². The van der Waals surface area contributed by atoms with E-state index < -0.39 is 0 Å². The molecule has 3 N–H and O–H groups in total. The highest BCUT2D eigenvalue weighted by molar-refractivity contribution is 6.02. The first-order valence-electron chi connectivity index (χ1n) is 11.1. The number of anilines is 1. The van der Waals surface area contributed by atoms with Crippen LogP contribution in [0, 0.1) is 11.8 Å². The maximum atomic E-state index is 13.3. The first kappa shape index (κ1) is 22.6. The number of likely N-dealkylation sites (N-methyl/N-ethyl adjacent to an activating group) is 1. The van der Waals surface area contributed by atoms with Gasteiger partial charge in [0.25, 0.3) is 5.91 Å². The zero-order valence-electron chi connectivity index (χ0n) is 18.3. The molecule has 7 nitrogen and oxygen atoms in total. The summed E-state index contributed by atoms with van der Waals surface area (Å²) in [5.41, 5.74) is 0.966. The lowest BCUT2D eigenvalue weighted by Gasteiger charge is -2.37. The van der Waals surface area contributed by atoms with Gasteiger partial charge in [-0.25, -0.2) is 0 Å². The Morgan fingerprint density at radius 3 is 2.70 bits per heavy atom. The lowest BCUT2D eigenvalue weighted by Crippen LogP contribution is -2.49. The van der Waals surface area contributed by atoms with Crippen LogP contribution in [-0.4, -0.2) is 60.7 Å². The zero-order valence-corrected chi connectivity index (χ0v) is 18.3. The van der Waals surface area contributed by atoms with Crippen LogP contribution in [0.15, 0.2) is 18.2 Å². The molecule has 0 spiro atoms. The molecular weight excluding hydrogens is 382 g/mol. The zero-order chi connectivity index (χ0) is 21.7. The van der Waals surface area contributed by atoms with Gasteiger partial charge in [0.05, 0.1) is 23.9 Å². The fourth-order valence-electron chi connectivity index (χ4n) is 4.39. The number of nitrogens with zero attached hydrogens (tertiary/aromatic N) is 1. The molecule has 0 radical (unpaired) electrons. The molecular formula is C23H35N3O4. The van der Waals surface area contributed by atoms with Gasteiger partial charge in [0.2, 0.25) is 5.91 Å². The van der Waals surface area contributed by atoms with Gasteiger partial charge in [-0.2, -0.15) is 0 Å². The van der Waals surface area contributed by atoms with Crippen molar-refractivity contribution < 1.29 is 19.4 Å². The average Bonchev–Trinajstić information content (AvgIpc) is 2.76. The molecule has 2 aliphatic rings. The molecule has 1 aliphatic carbocycles. The van der Waals surface area contributed by atoms with E-state index in [9.17, 15) is 14.7 Å². The highest BCUT2D eigenvalue weighted by Gasteiger charge is 2.34. The number of rotatable bonds is 6. The first-order chi connectivity index (χ1) is 14.5. The number of fused-ring (bicyclic) bond motifs is 1. The Morgan fingerprint density at radius 1 is 1.30 bits per heavy atom. The van der Waals surface area contributed by atoms with Gasteiger partial charge >= 0.3 is 0 Å². The number of aliphatic hydroxyl groups is 1. The Bertz CT molecular complexity index is 748.